The number of rotatable bonds is 4. The van der Waals surface area contributed by atoms with E-state index in [1.165, 1.54) is 21.5 Å². The Bertz CT molecular complexity index is 3350. The summed E-state index contributed by atoms with van der Waals surface area (Å²) in [5.41, 5.74) is 12.4. The van der Waals surface area contributed by atoms with Gasteiger partial charge >= 0.3 is 0 Å². The molecule has 0 aliphatic heterocycles. The normalized spacial score (nSPS) is 11.6. The van der Waals surface area contributed by atoms with E-state index in [1.807, 2.05) is 36.4 Å². The average Bonchev–Trinajstić information content (AvgIpc) is 3.88. The van der Waals surface area contributed by atoms with Gasteiger partial charge in [-0.2, -0.15) is 0 Å². The van der Waals surface area contributed by atoms with Gasteiger partial charge < -0.3 is 13.7 Å². The van der Waals surface area contributed by atoms with Gasteiger partial charge in [0, 0.05) is 38.3 Å². The Morgan fingerprint density at radius 3 is 1.36 bits per heavy atom. The van der Waals surface area contributed by atoms with Crippen LogP contribution in [0, 0.1) is 13.1 Å². The van der Waals surface area contributed by atoms with Crippen LogP contribution in [0.15, 0.2) is 176 Å². The van der Waals surface area contributed by atoms with E-state index in [2.05, 4.69) is 163 Å². The van der Waals surface area contributed by atoms with Gasteiger partial charge in [0.25, 0.3) is 0 Å². The Kier molecular flexibility index (Phi) is 6.61. The topological polar surface area (TPSA) is 23.5 Å². The predicted octanol–water partition coefficient (Wildman–Crippen LogP) is 13.7. The van der Waals surface area contributed by atoms with E-state index in [0.29, 0.717) is 11.4 Å². The van der Waals surface area contributed by atoms with Gasteiger partial charge in [0.15, 0.2) is 5.69 Å². The van der Waals surface area contributed by atoms with Crippen LogP contribution in [0.2, 0.25) is 0 Å². The zero-order chi connectivity index (χ0) is 36.6. The van der Waals surface area contributed by atoms with Gasteiger partial charge in [-0.25, -0.2) is 9.69 Å². The van der Waals surface area contributed by atoms with Gasteiger partial charge in [0.1, 0.15) is 0 Å². The maximum Gasteiger partial charge on any atom is 0.218 e. The van der Waals surface area contributed by atoms with Crippen molar-refractivity contribution in [1.82, 2.24) is 13.7 Å². The van der Waals surface area contributed by atoms with Crippen LogP contribution in [0.5, 0.6) is 0 Å². The third-order valence-electron chi connectivity index (χ3n) is 11.1. The minimum Gasteiger partial charge on any atom is -0.319 e. The smallest absolute Gasteiger partial charge is 0.218 e. The molecule has 0 bridgehead atoms. The lowest BCUT2D eigenvalue weighted by atomic mass is 10.0. The molecule has 0 aliphatic carbocycles. The van der Waals surface area contributed by atoms with Gasteiger partial charge in [0.2, 0.25) is 5.69 Å². The maximum absolute atomic E-state index is 8.54. The summed E-state index contributed by atoms with van der Waals surface area (Å²) in [5, 5.41) is 6.86. The first-order chi connectivity index (χ1) is 27.2. The zero-order valence-electron chi connectivity index (χ0n) is 29.5. The molecule has 3 heterocycles. The van der Waals surface area contributed by atoms with Crippen molar-refractivity contribution in [3.8, 4) is 28.2 Å². The lowest BCUT2D eigenvalue weighted by Gasteiger charge is -2.15. The summed E-state index contributed by atoms with van der Waals surface area (Å²) in [6.07, 6.45) is 0. The molecule has 0 atom stereocenters. The highest BCUT2D eigenvalue weighted by atomic mass is 15.0. The number of aromatic nitrogens is 3. The van der Waals surface area contributed by atoms with Gasteiger partial charge in [-0.05, 0) is 89.3 Å². The summed E-state index contributed by atoms with van der Waals surface area (Å²) in [7, 11) is 0. The van der Waals surface area contributed by atoms with Gasteiger partial charge in [-0.15, -0.1) is 0 Å². The summed E-state index contributed by atoms with van der Waals surface area (Å²) in [6, 6.07) is 61.2. The molecule has 0 fully saturated rings. The second-order valence-electron chi connectivity index (χ2n) is 13.9. The molecule has 5 heteroatoms. The molecule has 0 amide bonds. The molecule has 0 saturated heterocycles. The molecule has 0 spiro atoms. The molecule has 254 valence electrons. The number of para-hydroxylation sites is 5. The lowest BCUT2D eigenvalue weighted by Crippen LogP contribution is -1.97. The number of benzene rings is 8. The van der Waals surface area contributed by atoms with E-state index in [-0.39, 0.29) is 0 Å². The van der Waals surface area contributed by atoms with Crippen LogP contribution in [0.3, 0.4) is 0 Å². The molecular formula is C50H29N5. The summed E-state index contributed by atoms with van der Waals surface area (Å²) in [5.74, 6) is 0. The Morgan fingerprint density at radius 2 is 0.818 bits per heavy atom. The monoisotopic (exact) mass is 699 g/mol. The third kappa shape index (κ3) is 4.45. The fourth-order valence-corrected chi connectivity index (χ4v) is 8.72. The van der Waals surface area contributed by atoms with Crippen molar-refractivity contribution in [2.75, 3.05) is 0 Å². The SMILES string of the molecule is [C-]#[N+]c1ccc2c(c1)c1cc(-n3c4ccccc4c4ccccc43)ccc1n2-c1cccc(-c2ccc(-n3c4ccccc4c4ccccc43)cc2)c1[N+]#[C-]. The highest BCUT2D eigenvalue weighted by Gasteiger charge is 2.20. The molecule has 8 aromatic carbocycles. The molecule has 0 radical (unpaired) electrons. The average molecular weight is 700 g/mol. The van der Waals surface area contributed by atoms with Crippen LogP contribution in [-0.2, 0) is 0 Å². The molecular weight excluding hydrogens is 671 g/mol. The number of fused-ring (bicyclic) bond motifs is 9. The highest BCUT2D eigenvalue weighted by Crippen LogP contribution is 2.43. The number of hydrogen-bond acceptors (Lipinski definition) is 0. The lowest BCUT2D eigenvalue weighted by molar-refractivity contribution is 1.17. The molecule has 0 aliphatic rings. The van der Waals surface area contributed by atoms with E-state index in [9.17, 15) is 0 Å². The van der Waals surface area contributed by atoms with Crippen LogP contribution in [0.1, 0.15) is 0 Å². The van der Waals surface area contributed by atoms with Crippen LogP contribution in [0.4, 0.5) is 11.4 Å². The molecule has 55 heavy (non-hydrogen) atoms. The van der Waals surface area contributed by atoms with Crippen molar-refractivity contribution >= 4 is 76.8 Å². The summed E-state index contributed by atoms with van der Waals surface area (Å²) in [4.78, 5) is 8.00. The fourth-order valence-electron chi connectivity index (χ4n) is 8.72. The van der Waals surface area contributed by atoms with E-state index in [1.54, 1.807) is 0 Å². The number of hydrogen-bond donors (Lipinski definition) is 0. The van der Waals surface area contributed by atoms with E-state index in [4.69, 9.17) is 13.1 Å². The Hall–Kier alpha value is -7.86. The Labute approximate surface area is 316 Å². The second kappa shape index (κ2) is 11.8. The standard InChI is InChI=1S/C50H29N5/c1-51-33-24-28-47-41(30-33)42-31-35(54-45-19-9-5-14-39(45)40-15-6-10-20-46(40)54)27-29-48(42)55(47)49-21-11-16-36(50(49)52-2)32-22-25-34(26-23-32)53-43-17-7-3-12-37(43)38-13-4-8-18-44(38)53/h3-31H. The van der Waals surface area contributed by atoms with Crippen molar-refractivity contribution in [1.29, 1.82) is 0 Å². The minimum atomic E-state index is 0.576. The molecule has 11 rings (SSSR count). The summed E-state index contributed by atoms with van der Waals surface area (Å²) >= 11 is 0. The quantitative estimate of drug-likeness (QED) is 0.163. The van der Waals surface area contributed by atoms with Gasteiger partial charge in [-0.3, -0.25) is 0 Å². The predicted molar refractivity (Wildman–Crippen MR) is 227 cm³/mol. The molecule has 0 unspecified atom stereocenters. The summed E-state index contributed by atoms with van der Waals surface area (Å²) in [6.45, 7) is 16.4. The Balaban J connectivity index is 1.09. The molecule has 0 saturated carbocycles. The van der Waals surface area contributed by atoms with Gasteiger partial charge in [-0.1, -0.05) is 103 Å². The van der Waals surface area contributed by atoms with E-state index >= 15 is 0 Å². The van der Waals surface area contributed by atoms with Crippen LogP contribution in [-0.4, -0.2) is 13.7 Å². The first-order valence-corrected chi connectivity index (χ1v) is 18.3. The summed E-state index contributed by atoms with van der Waals surface area (Å²) < 4.78 is 6.82. The van der Waals surface area contributed by atoms with Crippen molar-refractivity contribution < 1.29 is 0 Å². The maximum atomic E-state index is 8.54. The minimum absolute atomic E-state index is 0.576. The van der Waals surface area contributed by atoms with Crippen LogP contribution >= 0.6 is 0 Å². The first-order valence-electron chi connectivity index (χ1n) is 18.3. The Morgan fingerprint density at radius 1 is 0.345 bits per heavy atom. The first kappa shape index (κ1) is 30.7. The fraction of sp³-hybridized carbons (Fsp3) is 0. The molecule has 11 aromatic rings. The largest absolute Gasteiger partial charge is 0.319 e. The molecule has 5 nitrogen and oxygen atoms in total. The van der Waals surface area contributed by atoms with Crippen molar-refractivity contribution in [2.45, 2.75) is 0 Å². The zero-order valence-corrected chi connectivity index (χ0v) is 29.5. The van der Waals surface area contributed by atoms with Crippen LogP contribution in [0.25, 0.3) is 103 Å². The van der Waals surface area contributed by atoms with Crippen molar-refractivity contribution in [3.63, 3.8) is 0 Å². The molecule has 3 aromatic heterocycles. The molecule has 0 N–H and O–H groups in total. The number of nitrogens with zero attached hydrogens (tertiary/aromatic N) is 5. The highest BCUT2D eigenvalue weighted by molar-refractivity contribution is 6.13. The van der Waals surface area contributed by atoms with E-state index in [0.717, 1.165) is 72.1 Å². The third-order valence-corrected chi connectivity index (χ3v) is 11.1. The van der Waals surface area contributed by atoms with Crippen molar-refractivity contribution in [3.05, 3.63) is 199 Å². The second-order valence-corrected chi connectivity index (χ2v) is 13.9. The van der Waals surface area contributed by atoms with Crippen LogP contribution < -0.4 is 0 Å². The van der Waals surface area contributed by atoms with Crippen molar-refractivity contribution in [2.24, 2.45) is 0 Å². The van der Waals surface area contributed by atoms with E-state index < -0.39 is 0 Å². The van der Waals surface area contributed by atoms with Gasteiger partial charge in [0.05, 0.1) is 51.9 Å².